The molecule has 0 saturated heterocycles. The zero-order valence-electron chi connectivity index (χ0n) is 23.3. The molecule has 0 nitrogen and oxygen atoms in total. The summed E-state index contributed by atoms with van der Waals surface area (Å²) in [6, 6.07) is 14.8. The van der Waals surface area contributed by atoms with Crippen LogP contribution < -0.4 is 0 Å². The molecular formula is C35H50F2. The number of hydrogen-bond donors (Lipinski definition) is 0. The van der Waals surface area contributed by atoms with Crippen LogP contribution in [0.4, 0.5) is 8.78 Å². The third-order valence-electron chi connectivity index (χ3n) is 9.56. The molecule has 37 heavy (non-hydrogen) atoms. The van der Waals surface area contributed by atoms with Gasteiger partial charge in [0.25, 0.3) is 0 Å². The molecule has 0 aliphatic heterocycles. The highest BCUT2D eigenvalue weighted by Crippen LogP contribution is 2.40. The van der Waals surface area contributed by atoms with Gasteiger partial charge in [-0.3, -0.25) is 4.39 Å². The Hall–Kier alpha value is -1.70. The van der Waals surface area contributed by atoms with Crippen molar-refractivity contribution in [2.24, 2.45) is 11.8 Å². The van der Waals surface area contributed by atoms with Crippen molar-refractivity contribution in [3.63, 3.8) is 0 Å². The van der Waals surface area contributed by atoms with Gasteiger partial charge in [-0.05, 0) is 104 Å². The Kier molecular flexibility index (Phi) is 11.5. The highest BCUT2D eigenvalue weighted by molar-refractivity contribution is 5.65. The molecular weight excluding hydrogens is 458 g/mol. The topological polar surface area (TPSA) is 0 Å². The maximum Gasteiger partial charge on any atom is 0.131 e. The summed E-state index contributed by atoms with van der Waals surface area (Å²) in [4.78, 5) is 0. The molecule has 0 unspecified atom stereocenters. The Bertz CT molecular complexity index is 901. The van der Waals surface area contributed by atoms with Crippen molar-refractivity contribution in [1.82, 2.24) is 0 Å². The minimum atomic E-state index is -0.175. The van der Waals surface area contributed by atoms with E-state index in [1.54, 1.807) is 0 Å². The number of unbranched alkanes of at least 4 members (excludes halogenated alkanes) is 5. The molecule has 2 fully saturated rings. The zero-order valence-corrected chi connectivity index (χ0v) is 23.3. The molecule has 2 aromatic carbocycles. The van der Waals surface area contributed by atoms with Crippen LogP contribution in [-0.2, 0) is 0 Å². The molecule has 204 valence electrons. The van der Waals surface area contributed by atoms with Crippen LogP contribution in [0.2, 0.25) is 0 Å². The third kappa shape index (κ3) is 8.39. The van der Waals surface area contributed by atoms with E-state index < -0.39 is 0 Å². The summed E-state index contributed by atoms with van der Waals surface area (Å²) >= 11 is 0. The van der Waals surface area contributed by atoms with Crippen LogP contribution in [0.25, 0.3) is 11.1 Å². The average Bonchev–Trinajstić information content (AvgIpc) is 2.94. The van der Waals surface area contributed by atoms with Crippen molar-refractivity contribution >= 4 is 0 Å². The van der Waals surface area contributed by atoms with E-state index in [4.69, 9.17) is 0 Å². The smallest absolute Gasteiger partial charge is 0.131 e. The molecule has 0 heterocycles. The van der Waals surface area contributed by atoms with Gasteiger partial charge in [-0.15, -0.1) is 0 Å². The largest absolute Gasteiger partial charge is 0.251 e. The van der Waals surface area contributed by atoms with Crippen molar-refractivity contribution in [3.05, 3.63) is 59.4 Å². The predicted molar refractivity (Wildman–Crippen MR) is 154 cm³/mol. The number of rotatable bonds is 13. The quantitative estimate of drug-likeness (QED) is 0.236. The van der Waals surface area contributed by atoms with Crippen molar-refractivity contribution in [2.45, 2.75) is 128 Å². The van der Waals surface area contributed by atoms with Gasteiger partial charge in [0.1, 0.15) is 5.82 Å². The van der Waals surface area contributed by atoms with Crippen molar-refractivity contribution < 1.29 is 8.78 Å². The van der Waals surface area contributed by atoms with Gasteiger partial charge in [0.15, 0.2) is 0 Å². The van der Waals surface area contributed by atoms with E-state index in [9.17, 15) is 4.39 Å². The first-order valence-electron chi connectivity index (χ1n) is 15.6. The highest BCUT2D eigenvalue weighted by Gasteiger charge is 2.24. The Labute approximate surface area is 225 Å². The number of hydrogen-bond acceptors (Lipinski definition) is 0. The first-order chi connectivity index (χ1) is 18.2. The molecule has 2 aromatic rings. The van der Waals surface area contributed by atoms with E-state index in [0.717, 1.165) is 42.2 Å². The van der Waals surface area contributed by atoms with Gasteiger partial charge in [-0.1, -0.05) is 94.7 Å². The van der Waals surface area contributed by atoms with Crippen LogP contribution >= 0.6 is 0 Å². The van der Waals surface area contributed by atoms with Crippen LogP contribution in [0.1, 0.15) is 139 Å². The lowest BCUT2D eigenvalue weighted by molar-refractivity contribution is 0.301. The lowest BCUT2D eigenvalue weighted by Crippen LogP contribution is -2.13. The molecule has 2 aliphatic carbocycles. The number of halogens is 2. The fraction of sp³-hybridized carbons (Fsp3) is 0.657. The van der Waals surface area contributed by atoms with E-state index in [-0.39, 0.29) is 12.5 Å². The third-order valence-corrected chi connectivity index (χ3v) is 9.56. The fourth-order valence-electron chi connectivity index (χ4n) is 7.09. The van der Waals surface area contributed by atoms with E-state index in [1.807, 2.05) is 12.1 Å². The van der Waals surface area contributed by atoms with Gasteiger partial charge in [0.2, 0.25) is 0 Å². The first kappa shape index (κ1) is 28.3. The zero-order chi connectivity index (χ0) is 25.9. The molecule has 0 radical (unpaired) electrons. The Morgan fingerprint density at radius 1 is 0.622 bits per heavy atom. The Morgan fingerprint density at radius 2 is 1.16 bits per heavy atom. The van der Waals surface area contributed by atoms with Gasteiger partial charge < -0.3 is 0 Å². The maximum atomic E-state index is 15.2. The summed E-state index contributed by atoms with van der Waals surface area (Å²) in [6.45, 7) is 2.11. The second kappa shape index (κ2) is 15.0. The molecule has 0 aromatic heterocycles. The summed E-state index contributed by atoms with van der Waals surface area (Å²) in [7, 11) is 0. The monoisotopic (exact) mass is 508 g/mol. The summed E-state index contributed by atoms with van der Waals surface area (Å²) in [5, 5.41) is 0. The minimum absolute atomic E-state index is 0.0761. The van der Waals surface area contributed by atoms with Crippen LogP contribution in [0.3, 0.4) is 0 Å². The van der Waals surface area contributed by atoms with Crippen LogP contribution in [0, 0.1) is 17.7 Å². The molecule has 0 amide bonds. The molecule has 2 aliphatic rings. The van der Waals surface area contributed by atoms with Gasteiger partial charge in [0.05, 0.1) is 6.67 Å². The number of benzene rings is 2. The van der Waals surface area contributed by atoms with Gasteiger partial charge in [-0.25, -0.2) is 4.39 Å². The van der Waals surface area contributed by atoms with Gasteiger partial charge in [0, 0.05) is 5.56 Å². The van der Waals surface area contributed by atoms with Crippen LogP contribution in [0.15, 0.2) is 42.5 Å². The fourth-order valence-corrected chi connectivity index (χ4v) is 7.09. The normalized spacial score (nSPS) is 24.3. The molecule has 0 bridgehead atoms. The second-order valence-corrected chi connectivity index (χ2v) is 12.2. The van der Waals surface area contributed by atoms with E-state index >= 15 is 4.39 Å². The molecule has 0 spiro atoms. The van der Waals surface area contributed by atoms with Gasteiger partial charge in [-0.2, -0.15) is 0 Å². The van der Waals surface area contributed by atoms with Crippen molar-refractivity contribution in [2.75, 3.05) is 6.67 Å². The molecule has 4 rings (SSSR count). The summed E-state index contributed by atoms with van der Waals surface area (Å²) < 4.78 is 27.5. The Morgan fingerprint density at radius 3 is 1.73 bits per heavy atom. The first-order valence-corrected chi connectivity index (χ1v) is 15.6. The summed E-state index contributed by atoms with van der Waals surface area (Å²) in [6.07, 6.45) is 21.1. The van der Waals surface area contributed by atoms with Crippen molar-refractivity contribution in [3.8, 4) is 11.1 Å². The van der Waals surface area contributed by atoms with E-state index in [0.29, 0.717) is 11.8 Å². The van der Waals surface area contributed by atoms with Crippen LogP contribution in [0.5, 0.6) is 0 Å². The standard InChI is InChI=1S/C35H50F2/c1-2-3-6-9-27-11-15-29(16-12-27)30-19-21-32(22-20-30)34-24-23-33(26-35(34)37)31-17-13-28(14-18-31)10-7-4-5-8-25-36/h19-24,26-29,31H,2-18,25H2,1H3. The predicted octanol–water partition coefficient (Wildman–Crippen LogP) is 11.5. The molecule has 0 N–H and O–H groups in total. The summed E-state index contributed by atoms with van der Waals surface area (Å²) in [5.41, 5.74) is 4.34. The second-order valence-electron chi connectivity index (χ2n) is 12.2. The van der Waals surface area contributed by atoms with Gasteiger partial charge >= 0.3 is 0 Å². The molecule has 2 saturated carbocycles. The molecule has 0 atom stereocenters. The van der Waals surface area contributed by atoms with Crippen LogP contribution in [-0.4, -0.2) is 6.67 Å². The SMILES string of the molecule is CCCCCC1CCC(c2ccc(-c3ccc(C4CCC(CCCCCCF)CC4)cc3F)cc2)CC1. The highest BCUT2D eigenvalue weighted by atomic mass is 19.1. The number of alkyl halides is 1. The maximum absolute atomic E-state index is 15.2. The molecule has 2 heteroatoms. The average molecular weight is 509 g/mol. The minimum Gasteiger partial charge on any atom is -0.251 e. The van der Waals surface area contributed by atoms with Crippen molar-refractivity contribution in [1.29, 1.82) is 0 Å². The lowest BCUT2D eigenvalue weighted by Gasteiger charge is -2.29. The van der Waals surface area contributed by atoms with E-state index in [1.165, 1.54) is 101 Å². The Balaban J connectivity index is 1.26. The lowest BCUT2D eigenvalue weighted by atomic mass is 9.76. The van der Waals surface area contributed by atoms with E-state index in [2.05, 4.69) is 37.3 Å². The summed E-state index contributed by atoms with van der Waals surface area (Å²) in [5.74, 6) is 2.83.